The van der Waals surface area contributed by atoms with Crippen LogP contribution < -0.4 is 5.32 Å². The van der Waals surface area contributed by atoms with Crippen molar-refractivity contribution < 1.29 is 17.6 Å². The minimum Gasteiger partial charge on any atom is -0.306 e. The zero-order valence-electron chi connectivity index (χ0n) is 13.5. The third-order valence-corrected chi connectivity index (χ3v) is 5.57. The average Bonchev–Trinajstić information content (AvgIpc) is 3.09. The van der Waals surface area contributed by atoms with E-state index < -0.39 is 21.6 Å². The minimum absolute atomic E-state index is 0.151. The summed E-state index contributed by atoms with van der Waals surface area (Å²) in [4.78, 5) is 12.5. The molecule has 0 saturated heterocycles. The van der Waals surface area contributed by atoms with E-state index >= 15 is 0 Å². The molecule has 3 aromatic rings. The lowest BCUT2D eigenvalue weighted by Crippen LogP contribution is -2.17. The van der Waals surface area contributed by atoms with E-state index in [4.69, 9.17) is 0 Å². The number of rotatable bonds is 3. The van der Waals surface area contributed by atoms with Gasteiger partial charge in [0.1, 0.15) is 11.6 Å². The Morgan fingerprint density at radius 2 is 1.73 bits per heavy atom. The lowest BCUT2D eigenvalue weighted by atomic mass is 10.2. The zero-order chi connectivity index (χ0) is 18.3. The molecule has 1 amide bonds. The monoisotopic (exact) mass is 371 g/mol. The van der Waals surface area contributed by atoms with E-state index in [2.05, 4.69) is 10.4 Å². The molecule has 0 spiro atoms. The van der Waals surface area contributed by atoms with Crippen molar-refractivity contribution in [2.24, 2.45) is 0 Å². The summed E-state index contributed by atoms with van der Waals surface area (Å²) in [5, 5.41) is 7.12. The fourth-order valence-electron chi connectivity index (χ4n) is 2.91. The average molecular weight is 371 g/mol. The molecule has 1 aliphatic rings. The van der Waals surface area contributed by atoms with Gasteiger partial charge in [-0.25, -0.2) is 17.5 Å². The molecule has 132 valence electrons. The van der Waals surface area contributed by atoms with E-state index in [9.17, 15) is 17.6 Å². The number of hydrogen-bond acceptors (Lipinski definition) is 4. The van der Waals surface area contributed by atoms with Crippen molar-refractivity contribution in [3.8, 4) is 5.69 Å². The number of nitrogens with one attached hydrogen (secondary N) is 1. The van der Waals surface area contributed by atoms with Crippen LogP contribution in [-0.4, -0.2) is 24.1 Å². The van der Waals surface area contributed by atoms with Crippen LogP contribution in [0.15, 0.2) is 54.6 Å². The lowest BCUT2D eigenvalue weighted by molar-refractivity contribution is 0.102. The normalized spacial score (nSPS) is 14.8. The SMILES string of the molecule is O=C(Nc1c2c(nn1-c1ccccc1)CS(=O)(=O)C2)c1ccc(F)cc1. The molecule has 26 heavy (non-hydrogen) atoms. The van der Waals surface area contributed by atoms with Crippen molar-refractivity contribution in [2.45, 2.75) is 11.5 Å². The Hall–Kier alpha value is -3.00. The summed E-state index contributed by atoms with van der Waals surface area (Å²) in [6.45, 7) is 0. The first-order valence-electron chi connectivity index (χ1n) is 7.86. The van der Waals surface area contributed by atoms with Gasteiger partial charge >= 0.3 is 0 Å². The number of hydrogen-bond donors (Lipinski definition) is 1. The summed E-state index contributed by atoms with van der Waals surface area (Å²) in [6.07, 6.45) is 0. The van der Waals surface area contributed by atoms with Gasteiger partial charge in [0.05, 0.1) is 22.9 Å². The second kappa shape index (κ2) is 6.06. The number of halogens is 1. The van der Waals surface area contributed by atoms with Crippen molar-refractivity contribution in [1.82, 2.24) is 9.78 Å². The van der Waals surface area contributed by atoms with Crippen LogP contribution in [-0.2, 0) is 21.3 Å². The Morgan fingerprint density at radius 1 is 1.04 bits per heavy atom. The predicted molar refractivity (Wildman–Crippen MR) is 94.2 cm³/mol. The minimum atomic E-state index is -3.27. The molecule has 0 radical (unpaired) electrons. The molecule has 0 fully saturated rings. The van der Waals surface area contributed by atoms with Crippen LogP contribution in [0.1, 0.15) is 21.6 Å². The number of carbonyl (C=O) groups is 1. The third kappa shape index (κ3) is 2.99. The number of sulfone groups is 1. The number of fused-ring (bicyclic) bond motifs is 1. The summed E-state index contributed by atoms with van der Waals surface area (Å²) in [5.74, 6) is -0.908. The van der Waals surface area contributed by atoms with E-state index in [0.717, 1.165) is 0 Å². The Balaban J connectivity index is 1.76. The third-order valence-electron chi connectivity index (χ3n) is 4.13. The molecule has 0 bridgehead atoms. The van der Waals surface area contributed by atoms with Crippen molar-refractivity contribution in [1.29, 1.82) is 0 Å². The standard InChI is InChI=1S/C18H14FN3O3S/c19-13-8-6-12(7-9-13)18(23)20-17-15-10-26(24,25)11-16(15)21-22(17)14-4-2-1-3-5-14/h1-9H,10-11H2,(H,20,23). The lowest BCUT2D eigenvalue weighted by Gasteiger charge is -2.11. The second-order valence-corrected chi connectivity index (χ2v) is 8.08. The number of benzene rings is 2. The van der Waals surface area contributed by atoms with Crippen LogP contribution in [0.25, 0.3) is 5.69 Å². The summed E-state index contributed by atoms with van der Waals surface area (Å²) in [5.41, 5.74) is 1.89. The van der Waals surface area contributed by atoms with Crippen LogP contribution >= 0.6 is 0 Å². The molecule has 1 N–H and O–H groups in total. The van der Waals surface area contributed by atoms with Crippen LogP contribution in [0.4, 0.5) is 10.2 Å². The van der Waals surface area contributed by atoms with Gasteiger partial charge in [0.25, 0.3) is 5.91 Å². The van der Waals surface area contributed by atoms with E-state index in [1.54, 1.807) is 0 Å². The molecule has 0 unspecified atom stereocenters. The Morgan fingerprint density at radius 3 is 2.42 bits per heavy atom. The van der Waals surface area contributed by atoms with Gasteiger partial charge in [0.2, 0.25) is 0 Å². The van der Waals surface area contributed by atoms with Crippen LogP contribution in [0.2, 0.25) is 0 Å². The maximum Gasteiger partial charge on any atom is 0.256 e. The first-order chi connectivity index (χ1) is 12.4. The molecule has 1 aliphatic heterocycles. The highest BCUT2D eigenvalue weighted by Gasteiger charge is 2.33. The highest BCUT2D eigenvalue weighted by atomic mass is 32.2. The van der Waals surface area contributed by atoms with Crippen LogP contribution in [0.3, 0.4) is 0 Å². The first-order valence-corrected chi connectivity index (χ1v) is 9.69. The van der Waals surface area contributed by atoms with Gasteiger partial charge in [-0.3, -0.25) is 4.79 Å². The smallest absolute Gasteiger partial charge is 0.256 e. The molecule has 4 rings (SSSR count). The molecule has 0 saturated carbocycles. The summed E-state index contributed by atoms with van der Waals surface area (Å²) in [7, 11) is -3.27. The first kappa shape index (κ1) is 16.5. The molecular formula is C18H14FN3O3S. The maximum absolute atomic E-state index is 13.1. The van der Waals surface area contributed by atoms with Crippen molar-refractivity contribution in [2.75, 3.05) is 5.32 Å². The summed E-state index contributed by atoms with van der Waals surface area (Å²) < 4.78 is 38.5. The van der Waals surface area contributed by atoms with E-state index in [1.165, 1.54) is 28.9 Å². The molecule has 6 nitrogen and oxygen atoms in total. The summed E-state index contributed by atoms with van der Waals surface area (Å²) in [6, 6.07) is 14.2. The number of nitrogens with zero attached hydrogens (tertiary/aromatic N) is 2. The number of carbonyl (C=O) groups excluding carboxylic acids is 1. The maximum atomic E-state index is 13.1. The fourth-order valence-corrected chi connectivity index (χ4v) is 4.40. The molecule has 2 heterocycles. The van der Waals surface area contributed by atoms with Crippen molar-refractivity contribution in [3.63, 3.8) is 0 Å². The predicted octanol–water partition coefficient (Wildman–Crippen LogP) is 2.69. The largest absolute Gasteiger partial charge is 0.306 e. The Kier molecular flexibility index (Phi) is 3.84. The molecule has 0 atom stereocenters. The Bertz CT molecular complexity index is 1090. The molecule has 8 heteroatoms. The number of amides is 1. The van der Waals surface area contributed by atoms with Gasteiger partial charge in [0.15, 0.2) is 9.84 Å². The molecular weight excluding hydrogens is 357 g/mol. The highest BCUT2D eigenvalue weighted by Crippen LogP contribution is 2.33. The van der Waals surface area contributed by atoms with Gasteiger partial charge < -0.3 is 5.32 Å². The molecule has 0 aliphatic carbocycles. The number of anilines is 1. The van der Waals surface area contributed by atoms with E-state index in [1.807, 2.05) is 30.3 Å². The van der Waals surface area contributed by atoms with Gasteiger partial charge in [-0.15, -0.1) is 0 Å². The fraction of sp³-hybridized carbons (Fsp3) is 0.111. The molecule has 2 aromatic carbocycles. The van der Waals surface area contributed by atoms with E-state index in [0.29, 0.717) is 22.8 Å². The zero-order valence-corrected chi connectivity index (χ0v) is 14.3. The second-order valence-electron chi connectivity index (χ2n) is 6.01. The molecule has 1 aromatic heterocycles. The quantitative estimate of drug-likeness (QED) is 0.768. The summed E-state index contributed by atoms with van der Waals surface area (Å²) >= 11 is 0. The van der Waals surface area contributed by atoms with Gasteiger partial charge in [-0.2, -0.15) is 5.10 Å². The van der Waals surface area contributed by atoms with Crippen LogP contribution in [0.5, 0.6) is 0 Å². The van der Waals surface area contributed by atoms with Gasteiger partial charge in [0, 0.05) is 11.1 Å². The highest BCUT2D eigenvalue weighted by molar-refractivity contribution is 7.90. The number of para-hydroxylation sites is 1. The van der Waals surface area contributed by atoms with Crippen molar-refractivity contribution in [3.05, 3.63) is 77.2 Å². The van der Waals surface area contributed by atoms with Gasteiger partial charge in [-0.1, -0.05) is 18.2 Å². The van der Waals surface area contributed by atoms with Crippen molar-refractivity contribution >= 4 is 21.6 Å². The number of aromatic nitrogens is 2. The topological polar surface area (TPSA) is 81.1 Å². The van der Waals surface area contributed by atoms with E-state index in [-0.39, 0.29) is 17.1 Å². The van der Waals surface area contributed by atoms with Crippen LogP contribution in [0, 0.1) is 5.82 Å². The Labute approximate surface area is 149 Å². The van der Waals surface area contributed by atoms with Gasteiger partial charge in [-0.05, 0) is 36.4 Å².